The Morgan fingerprint density at radius 3 is 1.94 bits per heavy atom. The van der Waals surface area contributed by atoms with E-state index in [0.29, 0.717) is 5.92 Å². The summed E-state index contributed by atoms with van der Waals surface area (Å²) in [7, 11) is 0. The van der Waals surface area contributed by atoms with Crippen LogP contribution in [0.15, 0.2) is 78.9 Å². The molecule has 1 aliphatic carbocycles. The topological polar surface area (TPSA) is 0 Å². The molecule has 2 aromatic carbocycles. The zero-order valence-electron chi connectivity index (χ0n) is 9.38. The molecule has 2 heteroatoms. The molecule has 17 heavy (non-hydrogen) atoms. The first-order valence-corrected chi connectivity index (χ1v) is 5.20. The van der Waals surface area contributed by atoms with Gasteiger partial charge in [0.15, 0.2) is 0 Å². The molecular formula is C15H14FeV. The van der Waals surface area contributed by atoms with Crippen LogP contribution in [0.5, 0.6) is 0 Å². The van der Waals surface area contributed by atoms with Gasteiger partial charge in [-0.1, -0.05) is 24.3 Å². The van der Waals surface area contributed by atoms with E-state index in [1.807, 2.05) is 30.3 Å². The Hall–Kier alpha value is -0.716. The van der Waals surface area contributed by atoms with Crippen LogP contribution >= 0.6 is 0 Å². The molecule has 3 rings (SSSR count). The van der Waals surface area contributed by atoms with E-state index in [1.165, 1.54) is 5.56 Å². The van der Waals surface area contributed by atoms with Gasteiger partial charge in [-0.2, -0.15) is 35.9 Å². The average Bonchev–Trinajstić information content (AvgIpc) is 3.06. The molecule has 0 amide bonds. The van der Waals surface area contributed by atoms with Gasteiger partial charge in [0.1, 0.15) is 0 Å². The first-order chi connectivity index (χ1) is 7.47. The van der Waals surface area contributed by atoms with Gasteiger partial charge in [-0.05, 0) is 5.92 Å². The second-order valence-electron chi connectivity index (χ2n) is 3.48. The van der Waals surface area contributed by atoms with Crippen molar-refractivity contribution in [3.63, 3.8) is 0 Å². The predicted molar refractivity (Wildman–Crippen MR) is 65.1 cm³/mol. The largest absolute Gasteiger partial charge is 2.00 e. The maximum atomic E-state index is 2.20. The smallest absolute Gasteiger partial charge is 0.214 e. The van der Waals surface area contributed by atoms with Crippen LogP contribution in [0.4, 0.5) is 0 Å². The molecule has 1 aliphatic rings. The third-order valence-electron chi connectivity index (χ3n) is 2.38. The van der Waals surface area contributed by atoms with Crippen molar-refractivity contribution in [2.45, 2.75) is 5.92 Å². The van der Waals surface area contributed by atoms with Crippen LogP contribution in [-0.4, -0.2) is 0 Å². The standard InChI is InChI=1S/C10H9.C5H5.Fe.V/c1-2-6-9(5-1)10-7-3-4-8-10;1-2-4-5-3-1;;/h1-9H;1-5H;;/q2*-1;+2;. The molecule has 0 saturated carbocycles. The van der Waals surface area contributed by atoms with E-state index >= 15 is 0 Å². The summed E-state index contributed by atoms with van der Waals surface area (Å²) in [6.45, 7) is 0. The average molecular weight is 301 g/mol. The zero-order valence-corrected chi connectivity index (χ0v) is 11.9. The molecule has 0 fully saturated rings. The van der Waals surface area contributed by atoms with Crippen LogP contribution in [0, 0.1) is 0 Å². The minimum absolute atomic E-state index is 0. The van der Waals surface area contributed by atoms with Crippen molar-refractivity contribution in [3.05, 3.63) is 84.5 Å². The first-order valence-electron chi connectivity index (χ1n) is 5.20. The van der Waals surface area contributed by atoms with Gasteiger partial charge in [0.25, 0.3) is 0 Å². The van der Waals surface area contributed by atoms with E-state index in [9.17, 15) is 0 Å². The number of hydrogen-bond acceptors (Lipinski definition) is 0. The van der Waals surface area contributed by atoms with Gasteiger partial charge in [0.2, 0.25) is 0 Å². The van der Waals surface area contributed by atoms with Crippen LogP contribution in [0.2, 0.25) is 0 Å². The maximum Gasteiger partial charge on any atom is 2.00 e. The molecule has 0 heterocycles. The Labute approximate surface area is 126 Å². The van der Waals surface area contributed by atoms with Gasteiger partial charge in [0.05, 0.1) is 0 Å². The van der Waals surface area contributed by atoms with Gasteiger partial charge in [-0.25, -0.2) is 24.3 Å². The Morgan fingerprint density at radius 2 is 1.53 bits per heavy atom. The SMILES string of the molecule is C1=CC(c2ccc[cH-]2)C=C1.[Fe+2].[V].c1cc[cH-]c1. The molecule has 0 aliphatic heterocycles. The molecule has 2 aromatic rings. The van der Waals surface area contributed by atoms with Crippen molar-refractivity contribution in [1.29, 1.82) is 0 Å². The number of rotatable bonds is 1. The van der Waals surface area contributed by atoms with Crippen molar-refractivity contribution in [2.24, 2.45) is 0 Å². The minimum Gasteiger partial charge on any atom is -0.214 e. The van der Waals surface area contributed by atoms with E-state index in [-0.39, 0.29) is 35.6 Å². The normalized spacial score (nSPS) is 12.2. The van der Waals surface area contributed by atoms with E-state index in [2.05, 4.69) is 48.6 Å². The minimum atomic E-state index is 0. The van der Waals surface area contributed by atoms with Crippen LogP contribution < -0.4 is 0 Å². The molecule has 0 spiro atoms. The van der Waals surface area contributed by atoms with Crippen molar-refractivity contribution >= 4 is 0 Å². The Kier molecular flexibility index (Phi) is 8.94. The summed E-state index contributed by atoms with van der Waals surface area (Å²) >= 11 is 0. The van der Waals surface area contributed by atoms with E-state index < -0.39 is 0 Å². The van der Waals surface area contributed by atoms with Gasteiger partial charge >= 0.3 is 17.1 Å². The van der Waals surface area contributed by atoms with Gasteiger partial charge in [0, 0.05) is 18.6 Å². The summed E-state index contributed by atoms with van der Waals surface area (Å²) < 4.78 is 0. The van der Waals surface area contributed by atoms with Crippen LogP contribution in [0.25, 0.3) is 0 Å². The van der Waals surface area contributed by atoms with Gasteiger partial charge < -0.3 is 0 Å². The number of hydrogen-bond donors (Lipinski definition) is 0. The molecule has 0 N–H and O–H groups in total. The third-order valence-corrected chi connectivity index (χ3v) is 2.38. The third kappa shape index (κ3) is 5.43. The molecule has 0 nitrogen and oxygen atoms in total. The van der Waals surface area contributed by atoms with Crippen LogP contribution in [0.1, 0.15) is 11.5 Å². The fraction of sp³-hybridized carbons (Fsp3) is 0.0667. The summed E-state index contributed by atoms with van der Waals surface area (Å²) in [4.78, 5) is 0. The molecule has 1 radical (unpaired) electrons. The number of allylic oxidation sites excluding steroid dienone is 4. The molecule has 0 bridgehead atoms. The van der Waals surface area contributed by atoms with Crippen molar-refractivity contribution in [2.75, 3.05) is 0 Å². The second-order valence-corrected chi connectivity index (χ2v) is 3.48. The summed E-state index contributed by atoms with van der Waals surface area (Å²) in [5.41, 5.74) is 1.39. The molecule has 0 atom stereocenters. The summed E-state index contributed by atoms with van der Waals surface area (Å²) in [5, 5.41) is 0. The molecule has 87 valence electrons. The zero-order chi connectivity index (χ0) is 10.3. The second kappa shape index (κ2) is 9.33. The van der Waals surface area contributed by atoms with Crippen LogP contribution in [0.3, 0.4) is 0 Å². The predicted octanol–water partition coefficient (Wildman–Crippen LogP) is 4.02. The molecular weight excluding hydrogens is 287 g/mol. The fourth-order valence-corrected chi connectivity index (χ4v) is 1.59. The van der Waals surface area contributed by atoms with Gasteiger partial charge in [-0.3, -0.25) is 0 Å². The summed E-state index contributed by atoms with van der Waals surface area (Å²) in [5.74, 6) is 0.537. The van der Waals surface area contributed by atoms with Crippen LogP contribution in [-0.2, 0) is 35.6 Å². The van der Waals surface area contributed by atoms with Crippen molar-refractivity contribution < 1.29 is 35.6 Å². The maximum absolute atomic E-state index is 2.20. The Bertz CT molecular complexity index is 381. The van der Waals surface area contributed by atoms with Gasteiger partial charge in [-0.15, -0.1) is 0 Å². The first kappa shape index (κ1) is 16.3. The Balaban J connectivity index is 0.000000318. The van der Waals surface area contributed by atoms with Crippen molar-refractivity contribution in [3.8, 4) is 0 Å². The van der Waals surface area contributed by atoms with E-state index in [4.69, 9.17) is 0 Å². The quantitative estimate of drug-likeness (QED) is 0.551. The summed E-state index contributed by atoms with van der Waals surface area (Å²) in [6.07, 6.45) is 8.60. The van der Waals surface area contributed by atoms with E-state index in [1.54, 1.807) is 0 Å². The molecule has 0 unspecified atom stereocenters. The van der Waals surface area contributed by atoms with Crippen molar-refractivity contribution in [1.82, 2.24) is 0 Å². The Morgan fingerprint density at radius 1 is 0.882 bits per heavy atom. The van der Waals surface area contributed by atoms with E-state index in [0.717, 1.165) is 0 Å². The summed E-state index contributed by atoms with van der Waals surface area (Å²) in [6, 6.07) is 18.5. The fourth-order valence-electron chi connectivity index (χ4n) is 1.59. The monoisotopic (exact) mass is 301 g/mol. The molecule has 0 saturated heterocycles. The molecule has 0 aromatic heterocycles.